The Morgan fingerprint density at radius 2 is 2.53 bits per heavy atom. The largest absolute Gasteiger partial charge is 0.320 e. The molecule has 15 heavy (non-hydrogen) atoms. The molecule has 1 aromatic heterocycles. The first-order chi connectivity index (χ1) is 7.13. The van der Waals surface area contributed by atoms with Crippen LogP contribution >= 0.6 is 23.1 Å². The summed E-state index contributed by atoms with van der Waals surface area (Å²) in [6.07, 6.45) is 2.69. The number of nitrogens with one attached hydrogen (secondary N) is 1. The smallest absolute Gasteiger partial charge is 0.243 e. The van der Waals surface area contributed by atoms with Gasteiger partial charge in [-0.15, -0.1) is 11.3 Å². The van der Waals surface area contributed by atoms with Gasteiger partial charge in [0.05, 0.1) is 11.7 Å². The zero-order valence-electron chi connectivity index (χ0n) is 8.82. The number of hydrogen-bond acceptors (Lipinski definition) is 5. The van der Waals surface area contributed by atoms with E-state index in [1.807, 2.05) is 18.6 Å². The van der Waals surface area contributed by atoms with Gasteiger partial charge in [-0.1, -0.05) is 0 Å². The van der Waals surface area contributed by atoms with E-state index in [2.05, 4.69) is 10.3 Å². The molecule has 1 aromatic rings. The molecular formula is C9H15N3OS2. The summed E-state index contributed by atoms with van der Waals surface area (Å²) in [6.45, 7) is 1.89. The van der Waals surface area contributed by atoms with Crippen LogP contribution in [-0.4, -0.2) is 28.9 Å². The maximum absolute atomic E-state index is 11.5. The van der Waals surface area contributed by atoms with Crippen LogP contribution < -0.4 is 11.1 Å². The standard InChI is InChI=1S/C9H15N3OS2/c1-6-5-15-9(11-6)12-8(13)7(10)3-4-14-2/h5,7H,3-4,10H2,1-2H3,(H,11,12,13)/t7-/m1/s1. The van der Waals surface area contributed by atoms with Gasteiger partial charge in [0.15, 0.2) is 5.13 Å². The Hall–Kier alpha value is -0.590. The molecule has 0 saturated heterocycles. The fraction of sp³-hybridized carbons (Fsp3) is 0.556. The molecule has 84 valence electrons. The molecule has 1 heterocycles. The molecule has 0 bridgehead atoms. The van der Waals surface area contributed by atoms with Crippen molar-refractivity contribution in [2.45, 2.75) is 19.4 Å². The highest BCUT2D eigenvalue weighted by atomic mass is 32.2. The molecular weight excluding hydrogens is 230 g/mol. The summed E-state index contributed by atoms with van der Waals surface area (Å²) >= 11 is 3.10. The van der Waals surface area contributed by atoms with E-state index in [4.69, 9.17) is 5.73 Å². The third-order valence-electron chi connectivity index (χ3n) is 1.82. The van der Waals surface area contributed by atoms with Crippen LogP contribution in [0.3, 0.4) is 0 Å². The summed E-state index contributed by atoms with van der Waals surface area (Å²) in [6, 6.07) is -0.443. The fourth-order valence-electron chi connectivity index (χ4n) is 0.985. The molecule has 0 spiro atoms. The van der Waals surface area contributed by atoms with Gasteiger partial charge in [0.1, 0.15) is 0 Å². The number of carbonyl (C=O) groups is 1. The Morgan fingerprint density at radius 1 is 1.80 bits per heavy atom. The minimum Gasteiger partial charge on any atom is -0.320 e. The van der Waals surface area contributed by atoms with Gasteiger partial charge in [-0.3, -0.25) is 4.79 Å². The van der Waals surface area contributed by atoms with Crippen molar-refractivity contribution in [1.29, 1.82) is 0 Å². The summed E-state index contributed by atoms with van der Waals surface area (Å²) < 4.78 is 0. The second-order valence-corrected chi connectivity index (χ2v) is 5.01. The lowest BCUT2D eigenvalue weighted by Gasteiger charge is -2.09. The van der Waals surface area contributed by atoms with Gasteiger partial charge in [-0.2, -0.15) is 11.8 Å². The van der Waals surface area contributed by atoms with Gasteiger partial charge in [0.25, 0.3) is 0 Å². The Morgan fingerprint density at radius 3 is 3.07 bits per heavy atom. The van der Waals surface area contributed by atoms with Crippen LogP contribution in [0.1, 0.15) is 12.1 Å². The van der Waals surface area contributed by atoms with Gasteiger partial charge < -0.3 is 11.1 Å². The van der Waals surface area contributed by atoms with Gasteiger partial charge in [0, 0.05) is 5.38 Å². The number of anilines is 1. The number of thiazole rings is 1. The third kappa shape index (κ3) is 4.19. The second kappa shape index (κ2) is 6.09. The summed E-state index contributed by atoms with van der Waals surface area (Å²) in [5.74, 6) is 0.740. The van der Waals surface area contributed by atoms with E-state index >= 15 is 0 Å². The Balaban J connectivity index is 2.41. The van der Waals surface area contributed by atoms with Crippen LogP contribution in [0.4, 0.5) is 5.13 Å². The first kappa shape index (κ1) is 12.5. The molecule has 0 aromatic carbocycles. The molecule has 0 aliphatic heterocycles. The monoisotopic (exact) mass is 245 g/mol. The minimum atomic E-state index is -0.443. The average molecular weight is 245 g/mol. The zero-order chi connectivity index (χ0) is 11.3. The zero-order valence-corrected chi connectivity index (χ0v) is 10.5. The number of nitrogens with zero attached hydrogens (tertiary/aromatic N) is 1. The van der Waals surface area contributed by atoms with Gasteiger partial charge >= 0.3 is 0 Å². The van der Waals surface area contributed by atoms with E-state index in [0.717, 1.165) is 11.4 Å². The van der Waals surface area contributed by atoms with Crippen molar-refractivity contribution in [1.82, 2.24) is 4.98 Å². The van der Waals surface area contributed by atoms with Crippen molar-refractivity contribution >= 4 is 34.1 Å². The van der Waals surface area contributed by atoms with E-state index in [1.54, 1.807) is 11.8 Å². The highest BCUT2D eigenvalue weighted by Crippen LogP contribution is 2.14. The topological polar surface area (TPSA) is 68.0 Å². The van der Waals surface area contributed by atoms with E-state index in [0.29, 0.717) is 11.6 Å². The number of aryl methyl sites for hydroxylation is 1. The van der Waals surface area contributed by atoms with Gasteiger partial charge in [-0.25, -0.2) is 4.98 Å². The summed E-state index contributed by atoms with van der Waals surface area (Å²) in [7, 11) is 0. The average Bonchev–Trinajstić information content (AvgIpc) is 2.60. The van der Waals surface area contributed by atoms with E-state index in [1.165, 1.54) is 11.3 Å². The number of thioether (sulfide) groups is 1. The SMILES string of the molecule is CSCC[C@@H](N)C(=O)Nc1nc(C)cs1. The lowest BCUT2D eigenvalue weighted by atomic mass is 10.2. The number of nitrogens with two attached hydrogens (primary N) is 1. The number of aromatic nitrogens is 1. The van der Waals surface area contributed by atoms with E-state index < -0.39 is 6.04 Å². The predicted molar refractivity (Wildman–Crippen MR) is 66.5 cm³/mol. The van der Waals surface area contributed by atoms with Crippen LogP contribution in [0.5, 0.6) is 0 Å². The molecule has 1 atom stereocenters. The Labute approximate surface area is 97.7 Å². The van der Waals surface area contributed by atoms with Crippen molar-refractivity contribution in [3.63, 3.8) is 0 Å². The molecule has 1 rings (SSSR count). The second-order valence-electron chi connectivity index (χ2n) is 3.17. The number of rotatable bonds is 5. The summed E-state index contributed by atoms with van der Waals surface area (Å²) in [4.78, 5) is 15.7. The maximum atomic E-state index is 11.5. The quantitative estimate of drug-likeness (QED) is 0.824. The van der Waals surface area contributed by atoms with Crippen molar-refractivity contribution in [2.75, 3.05) is 17.3 Å². The molecule has 1 amide bonds. The summed E-state index contributed by atoms with van der Waals surface area (Å²) in [5.41, 5.74) is 6.62. The van der Waals surface area contributed by atoms with Crippen LogP contribution in [0, 0.1) is 6.92 Å². The van der Waals surface area contributed by atoms with E-state index in [9.17, 15) is 4.79 Å². The Kier molecular flexibility index (Phi) is 5.07. The molecule has 6 heteroatoms. The highest BCUT2D eigenvalue weighted by Gasteiger charge is 2.13. The summed E-state index contributed by atoms with van der Waals surface area (Å²) in [5, 5.41) is 5.22. The first-order valence-electron chi connectivity index (χ1n) is 4.61. The molecule has 0 radical (unpaired) electrons. The number of carbonyl (C=O) groups excluding carboxylic acids is 1. The highest BCUT2D eigenvalue weighted by molar-refractivity contribution is 7.98. The van der Waals surface area contributed by atoms with E-state index in [-0.39, 0.29) is 5.91 Å². The molecule has 0 unspecified atom stereocenters. The molecule has 0 aliphatic carbocycles. The van der Waals surface area contributed by atoms with Crippen molar-refractivity contribution < 1.29 is 4.79 Å². The molecule has 4 nitrogen and oxygen atoms in total. The van der Waals surface area contributed by atoms with Gasteiger partial charge in [-0.05, 0) is 25.4 Å². The van der Waals surface area contributed by atoms with Crippen LogP contribution in [0.25, 0.3) is 0 Å². The fourth-order valence-corrected chi connectivity index (χ4v) is 2.17. The third-order valence-corrected chi connectivity index (χ3v) is 3.34. The van der Waals surface area contributed by atoms with Crippen LogP contribution in [0.15, 0.2) is 5.38 Å². The van der Waals surface area contributed by atoms with Crippen molar-refractivity contribution in [3.8, 4) is 0 Å². The number of hydrogen-bond donors (Lipinski definition) is 2. The van der Waals surface area contributed by atoms with Crippen LogP contribution in [-0.2, 0) is 4.79 Å². The molecule has 3 N–H and O–H groups in total. The van der Waals surface area contributed by atoms with Crippen LogP contribution in [0.2, 0.25) is 0 Å². The van der Waals surface area contributed by atoms with Crippen molar-refractivity contribution in [2.24, 2.45) is 5.73 Å². The van der Waals surface area contributed by atoms with Gasteiger partial charge in [0.2, 0.25) is 5.91 Å². The lowest BCUT2D eigenvalue weighted by molar-refractivity contribution is -0.117. The molecule has 0 aliphatic rings. The van der Waals surface area contributed by atoms with Crippen molar-refractivity contribution in [3.05, 3.63) is 11.1 Å². The first-order valence-corrected chi connectivity index (χ1v) is 6.88. The lowest BCUT2D eigenvalue weighted by Crippen LogP contribution is -2.36. The predicted octanol–water partition coefficient (Wildman–Crippen LogP) is 1.47. The minimum absolute atomic E-state index is 0.154. The Bertz CT molecular complexity index is 327. The molecule has 0 saturated carbocycles. The number of amides is 1. The normalized spacial score (nSPS) is 12.5. The maximum Gasteiger partial charge on any atom is 0.243 e. The molecule has 0 fully saturated rings.